The van der Waals surface area contributed by atoms with E-state index < -0.39 is 0 Å². The third kappa shape index (κ3) is 5.49. The zero-order valence-electron chi connectivity index (χ0n) is 12.5. The molecule has 1 heterocycles. The van der Waals surface area contributed by atoms with Gasteiger partial charge in [-0.25, -0.2) is 4.98 Å². The maximum Gasteiger partial charge on any atom is 0.129 e. The number of aliphatic hydroxyl groups is 1. The predicted molar refractivity (Wildman–Crippen MR) is 85.3 cm³/mol. The van der Waals surface area contributed by atoms with Gasteiger partial charge >= 0.3 is 0 Å². The summed E-state index contributed by atoms with van der Waals surface area (Å²) in [5.74, 6) is 0.800. The Labute approximate surface area is 126 Å². The fraction of sp³-hybridized carbons (Fsp3) is 0.533. The van der Waals surface area contributed by atoms with Crippen LogP contribution in [0.1, 0.15) is 26.3 Å². The number of rotatable bonds is 7. The Morgan fingerprint density at radius 1 is 1.50 bits per heavy atom. The Hall–Kier alpha value is -1.10. The van der Waals surface area contributed by atoms with Crippen LogP contribution in [0.5, 0.6) is 0 Å². The molecule has 0 atom stereocenters. The van der Waals surface area contributed by atoms with Gasteiger partial charge in [0.1, 0.15) is 5.82 Å². The third-order valence-corrected chi connectivity index (χ3v) is 3.11. The minimum absolute atomic E-state index is 0.0265. The molecule has 5 heteroatoms. The first-order valence-electron chi connectivity index (χ1n) is 6.73. The summed E-state index contributed by atoms with van der Waals surface area (Å²) in [6.07, 6.45) is 3.45. The van der Waals surface area contributed by atoms with Gasteiger partial charge in [0.25, 0.3) is 0 Å². The van der Waals surface area contributed by atoms with Crippen molar-refractivity contribution in [3.8, 4) is 0 Å². The molecule has 0 aliphatic heterocycles. The molecule has 0 bridgehead atoms. The second-order valence-corrected chi connectivity index (χ2v) is 6.10. The highest BCUT2D eigenvalue weighted by Crippen LogP contribution is 2.21. The first-order valence-corrected chi connectivity index (χ1v) is 7.11. The lowest BCUT2D eigenvalue weighted by molar-refractivity contribution is 0.302. The van der Waals surface area contributed by atoms with Crippen LogP contribution in [0, 0.1) is 0 Å². The molecule has 0 fully saturated rings. The molecular formula is C15H24ClN3O. The van der Waals surface area contributed by atoms with Gasteiger partial charge in [-0.1, -0.05) is 17.7 Å². The normalized spacial score (nSPS) is 11.4. The quantitative estimate of drug-likeness (QED) is 0.760. The van der Waals surface area contributed by atoms with Crippen LogP contribution in [0.15, 0.2) is 24.9 Å². The van der Waals surface area contributed by atoms with E-state index in [2.05, 4.69) is 37.7 Å². The minimum Gasteiger partial charge on any atom is -0.395 e. The Balaban J connectivity index is 2.91. The fourth-order valence-corrected chi connectivity index (χ4v) is 1.88. The summed E-state index contributed by atoms with van der Waals surface area (Å²) in [6.45, 7) is 12.0. The largest absolute Gasteiger partial charge is 0.395 e. The number of pyridine rings is 1. The standard InChI is InChI=1S/C15H24ClN3O/c1-5-6-19(7-8-20)14-9-12(13(16)11-17-14)10-18-15(2,3)4/h5,9,11,18,20H,1,6-8,10H2,2-4H3. The van der Waals surface area contributed by atoms with Gasteiger partial charge in [0.15, 0.2) is 0 Å². The van der Waals surface area contributed by atoms with E-state index >= 15 is 0 Å². The zero-order valence-corrected chi connectivity index (χ0v) is 13.2. The van der Waals surface area contributed by atoms with Crippen molar-refractivity contribution in [1.82, 2.24) is 10.3 Å². The van der Waals surface area contributed by atoms with E-state index in [0.717, 1.165) is 11.4 Å². The van der Waals surface area contributed by atoms with E-state index in [1.807, 2.05) is 11.0 Å². The first-order chi connectivity index (χ1) is 9.37. The van der Waals surface area contributed by atoms with Crippen molar-refractivity contribution in [3.63, 3.8) is 0 Å². The van der Waals surface area contributed by atoms with Crippen molar-refractivity contribution < 1.29 is 5.11 Å². The molecule has 0 saturated carbocycles. The summed E-state index contributed by atoms with van der Waals surface area (Å²) in [7, 11) is 0. The molecule has 2 N–H and O–H groups in total. The molecular weight excluding hydrogens is 274 g/mol. The van der Waals surface area contributed by atoms with Crippen LogP contribution in [0.2, 0.25) is 5.02 Å². The van der Waals surface area contributed by atoms with Crippen LogP contribution in [-0.4, -0.2) is 35.3 Å². The fourth-order valence-electron chi connectivity index (χ4n) is 1.71. The van der Waals surface area contributed by atoms with Crippen LogP contribution in [0.25, 0.3) is 0 Å². The van der Waals surface area contributed by atoms with Crippen molar-refractivity contribution in [3.05, 3.63) is 35.5 Å². The number of nitrogens with zero attached hydrogens (tertiary/aromatic N) is 2. The van der Waals surface area contributed by atoms with Gasteiger partial charge in [0.2, 0.25) is 0 Å². The molecule has 0 unspecified atom stereocenters. The number of nitrogens with one attached hydrogen (secondary N) is 1. The van der Waals surface area contributed by atoms with Crippen molar-refractivity contribution in [2.75, 3.05) is 24.6 Å². The first kappa shape index (κ1) is 17.0. The molecule has 0 spiro atoms. The lowest BCUT2D eigenvalue weighted by atomic mass is 10.1. The maximum absolute atomic E-state index is 9.12. The molecule has 0 radical (unpaired) electrons. The smallest absolute Gasteiger partial charge is 0.129 e. The number of aliphatic hydroxyl groups excluding tert-OH is 1. The molecule has 112 valence electrons. The van der Waals surface area contributed by atoms with Gasteiger partial charge in [-0.3, -0.25) is 0 Å². The number of halogens is 1. The molecule has 4 nitrogen and oxygen atoms in total. The van der Waals surface area contributed by atoms with Crippen LogP contribution >= 0.6 is 11.6 Å². The Morgan fingerprint density at radius 3 is 2.75 bits per heavy atom. The highest BCUT2D eigenvalue weighted by atomic mass is 35.5. The number of anilines is 1. The molecule has 0 saturated heterocycles. The van der Waals surface area contributed by atoms with Gasteiger partial charge in [-0.05, 0) is 32.4 Å². The summed E-state index contributed by atoms with van der Waals surface area (Å²) < 4.78 is 0. The topological polar surface area (TPSA) is 48.4 Å². The second kappa shape index (κ2) is 7.62. The lowest BCUT2D eigenvalue weighted by Crippen LogP contribution is -2.35. The average molecular weight is 298 g/mol. The van der Waals surface area contributed by atoms with Gasteiger partial charge in [-0.15, -0.1) is 6.58 Å². The highest BCUT2D eigenvalue weighted by Gasteiger charge is 2.13. The van der Waals surface area contributed by atoms with Crippen molar-refractivity contribution in [2.45, 2.75) is 32.9 Å². The van der Waals surface area contributed by atoms with E-state index in [9.17, 15) is 0 Å². The Bertz CT molecular complexity index is 443. The number of hydrogen-bond donors (Lipinski definition) is 2. The van der Waals surface area contributed by atoms with Gasteiger partial charge in [0.05, 0.1) is 11.6 Å². The van der Waals surface area contributed by atoms with E-state index in [1.165, 1.54) is 0 Å². The summed E-state index contributed by atoms with van der Waals surface area (Å²) in [6, 6.07) is 1.96. The molecule has 20 heavy (non-hydrogen) atoms. The number of aromatic nitrogens is 1. The molecule has 0 aliphatic carbocycles. The third-order valence-electron chi connectivity index (χ3n) is 2.77. The Morgan fingerprint density at radius 2 is 2.20 bits per heavy atom. The molecule has 0 amide bonds. The van der Waals surface area contributed by atoms with Crippen LogP contribution in [-0.2, 0) is 6.54 Å². The van der Waals surface area contributed by atoms with Gasteiger partial charge in [-0.2, -0.15) is 0 Å². The monoisotopic (exact) mass is 297 g/mol. The van der Waals surface area contributed by atoms with E-state index in [4.69, 9.17) is 16.7 Å². The number of hydrogen-bond acceptors (Lipinski definition) is 4. The highest BCUT2D eigenvalue weighted by molar-refractivity contribution is 6.31. The zero-order chi connectivity index (χ0) is 15.2. The van der Waals surface area contributed by atoms with E-state index in [0.29, 0.717) is 24.7 Å². The van der Waals surface area contributed by atoms with Crippen molar-refractivity contribution >= 4 is 17.4 Å². The lowest BCUT2D eigenvalue weighted by Gasteiger charge is -2.24. The second-order valence-electron chi connectivity index (χ2n) is 5.70. The SMILES string of the molecule is C=CCN(CCO)c1cc(CNC(C)(C)C)c(Cl)cn1. The van der Waals surface area contributed by atoms with Crippen molar-refractivity contribution in [2.24, 2.45) is 0 Å². The van der Waals surface area contributed by atoms with Gasteiger partial charge < -0.3 is 15.3 Å². The van der Waals surface area contributed by atoms with Crippen molar-refractivity contribution in [1.29, 1.82) is 0 Å². The summed E-state index contributed by atoms with van der Waals surface area (Å²) in [4.78, 5) is 6.29. The Kier molecular flexibility index (Phi) is 6.46. The maximum atomic E-state index is 9.12. The minimum atomic E-state index is 0.0265. The molecule has 0 aliphatic rings. The summed E-state index contributed by atoms with van der Waals surface area (Å²) in [5.41, 5.74) is 1.03. The molecule has 1 aromatic heterocycles. The van der Waals surface area contributed by atoms with Crippen LogP contribution in [0.4, 0.5) is 5.82 Å². The molecule has 1 rings (SSSR count). The molecule has 0 aromatic carbocycles. The summed E-state index contributed by atoms with van der Waals surface area (Å²) >= 11 is 6.19. The van der Waals surface area contributed by atoms with Gasteiger partial charge in [0, 0.05) is 31.4 Å². The van der Waals surface area contributed by atoms with Crippen LogP contribution in [0.3, 0.4) is 0 Å². The van der Waals surface area contributed by atoms with E-state index in [-0.39, 0.29) is 12.1 Å². The molecule has 1 aromatic rings. The average Bonchev–Trinajstić information content (AvgIpc) is 2.36. The predicted octanol–water partition coefficient (Wildman–Crippen LogP) is 2.61. The van der Waals surface area contributed by atoms with E-state index in [1.54, 1.807) is 12.3 Å². The summed E-state index contributed by atoms with van der Waals surface area (Å²) in [5, 5.41) is 13.2. The van der Waals surface area contributed by atoms with Crippen LogP contribution < -0.4 is 10.2 Å².